The Morgan fingerprint density at radius 1 is 1.22 bits per heavy atom. The van der Waals surface area contributed by atoms with Crippen LogP contribution < -0.4 is 14.8 Å². The van der Waals surface area contributed by atoms with Gasteiger partial charge in [-0.2, -0.15) is 0 Å². The lowest BCUT2D eigenvalue weighted by Crippen LogP contribution is -2.26. The molecule has 0 saturated carbocycles. The summed E-state index contributed by atoms with van der Waals surface area (Å²) in [4.78, 5) is 12.1. The molecule has 1 amide bonds. The molecule has 0 atom stereocenters. The van der Waals surface area contributed by atoms with Gasteiger partial charge in [0.2, 0.25) is 0 Å². The fourth-order valence-corrected chi connectivity index (χ4v) is 2.87. The number of nitrogens with one attached hydrogen (secondary N) is 1. The molecule has 1 aromatic carbocycles. The van der Waals surface area contributed by atoms with Crippen LogP contribution in [0.1, 0.15) is 27.4 Å². The molecule has 0 fully saturated rings. The topological polar surface area (TPSA) is 60.7 Å². The molecule has 0 bridgehead atoms. The predicted octanol–water partition coefficient (Wildman–Crippen LogP) is 3.29. The van der Waals surface area contributed by atoms with E-state index in [9.17, 15) is 4.79 Å². The molecule has 6 heteroatoms. The van der Waals surface area contributed by atoms with Crippen molar-refractivity contribution in [3.63, 3.8) is 0 Å². The van der Waals surface area contributed by atoms with Crippen LogP contribution >= 0.6 is 11.6 Å². The van der Waals surface area contributed by atoms with Crippen LogP contribution in [-0.2, 0) is 6.42 Å². The van der Waals surface area contributed by atoms with Crippen molar-refractivity contribution in [1.82, 2.24) is 5.32 Å². The lowest BCUT2D eigenvalue weighted by atomic mass is 10.1. The van der Waals surface area contributed by atoms with Gasteiger partial charge in [0.1, 0.15) is 24.7 Å². The second kappa shape index (κ2) is 6.54. The average Bonchev–Trinajstić information content (AvgIpc) is 2.86. The summed E-state index contributed by atoms with van der Waals surface area (Å²) in [6.45, 7) is 5.12. The van der Waals surface area contributed by atoms with E-state index in [0.29, 0.717) is 54.0 Å². The van der Waals surface area contributed by atoms with E-state index in [2.05, 4.69) is 5.32 Å². The fraction of sp³-hybridized carbons (Fsp3) is 0.353. The molecule has 3 rings (SSSR count). The van der Waals surface area contributed by atoms with Crippen molar-refractivity contribution < 1.29 is 18.7 Å². The molecule has 0 spiro atoms. The zero-order valence-electron chi connectivity index (χ0n) is 13.1. The first-order valence-electron chi connectivity index (χ1n) is 7.48. The van der Waals surface area contributed by atoms with Gasteiger partial charge in [0.25, 0.3) is 5.91 Å². The summed E-state index contributed by atoms with van der Waals surface area (Å²) in [5.41, 5.74) is 1.56. The molecule has 1 aromatic heterocycles. The summed E-state index contributed by atoms with van der Waals surface area (Å²) in [6, 6.07) is 5.49. The molecular formula is C17H18ClNO4. The van der Waals surface area contributed by atoms with Crippen LogP contribution in [0.5, 0.6) is 11.5 Å². The Bertz CT molecular complexity index is 738. The van der Waals surface area contributed by atoms with Crippen LogP contribution in [0.3, 0.4) is 0 Å². The highest BCUT2D eigenvalue weighted by molar-refractivity contribution is 6.32. The van der Waals surface area contributed by atoms with Crippen LogP contribution in [0.15, 0.2) is 22.6 Å². The first-order chi connectivity index (χ1) is 11.0. The zero-order chi connectivity index (χ0) is 16.4. The van der Waals surface area contributed by atoms with Crippen LogP contribution in [0.25, 0.3) is 0 Å². The predicted molar refractivity (Wildman–Crippen MR) is 86.7 cm³/mol. The molecule has 0 unspecified atom stereocenters. The van der Waals surface area contributed by atoms with Crippen molar-refractivity contribution in [3.8, 4) is 11.5 Å². The van der Waals surface area contributed by atoms with E-state index in [-0.39, 0.29) is 5.91 Å². The van der Waals surface area contributed by atoms with Crippen molar-refractivity contribution in [1.29, 1.82) is 0 Å². The van der Waals surface area contributed by atoms with E-state index in [1.165, 1.54) is 0 Å². The standard InChI is InChI=1S/C17H18ClNO4/c1-10-7-13(11(2)23-10)17(20)19-4-3-12-8-14(18)16-15(9-12)21-5-6-22-16/h7-9H,3-6H2,1-2H3,(H,19,20). The number of fused-ring (bicyclic) bond motifs is 1. The van der Waals surface area contributed by atoms with E-state index in [0.717, 1.165) is 11.3 Å². The van der Waals surface area contributed by atoms with E-state index in [1.807, 2.05) is 19.1 Å². The third-order valence-corrected chi connectivity index (χ3v) is 3.92. The minimum absolute atomic E-state index is 0.136. The van der Waals surface area contributed by atoms with Gasteiger partial charge in [-0.05, 0) is 44.0 Å². The van der Waals surface area contributed by atoms with Crippen molar-refractivity contribution >= 4 is 17.5 Å². The highest BCUT2D eigenvalue weighted by atomic mass is 35.5. The maximum atomic E-state index is 12.1. The molecule has 122 valence electrons. The van der Waals surface area contributed by atoms with Gasteiger partial charge in [0.05, 0.1) is 10.6 Å². The largest absolute Gasteiger partial charge is 0.486 e. The molecule has 0 radical (unpaired) electrons. The van der Waals surface area contributed by atoms with Crippen molar-refractivity contribution in [2.45, 2.75) is 20.3 Å². The average molecular weight is 336 g/mol. The number of carbonyl (C=O) groups excluding carboxylic acids is 1. The fourth-order valence-electron chi connectivity index (χ4n) is 2.58. The maximum Gasteiger partial charge on any atom is 0.254 e. The van der Waals surface area contributed by atoms with Crippen LogP contribution in [0.4, 0.5) is 0 Å². The molecule has 0 saturated heterocycles. The Kier molecular flexibility index (Phi) is 4.48. The second-order valence-corrected chi connectivity index (χ2v) is 5.84. The summed E-state index contributed by atoms with van der Waals surface area (Å²) >= 11 is 6.20. The molecule has 1 aliphatic rings. The van der Waals surface area contributed by atoms with E-state index >= 15 is 0 Å². The lowest BCUT2D eigenvalue weighted by Gasteiger charge is -2.20. The number of carbonyl (C=O) groups is 1. The van der Waals surface area contributed by atoms with Gasteiger partial charge in [0, 0.05) is 6.54 Å². The summed E-state index contributed by atoms with van der Waals surface area (Å²) < 4.78 is 16.4. The first-order valence-corrected chi connectivity index (χ1v) is 7.85. The molecule has 0 aliphatic carbocycles. The van der Waals surface area contributed by atoms with Gasteiger partial charge in [-0.1, -0.05) is 11.6 Å². The monoisotopic (exact) mass is 335 g/mol. The number of halogens is 1. The Balaban J connectivity index is 1.61. The maximum absolute atomic E-state index is 12.1. The summed E-state index contributed by atoms with van der Waals surface area (Å²) in [7, 11) is 0. The highest BCUT2D eigenvalue weighted by Crippen LogP contribution is 2.38. The Labute approximate surface area is 139 Å². The van der Waals surface area contributed by atoms with Gasteiger partial charge >= 0.3 is 0 Å². The molecule has 23 heavy (non-hydrogen) atoms. The first kappa shape index (κ1) is 15.7. The van der Waals surface area contributed by atoms with E-state index < -0.39 is 0 Å². The minimum Gasteiger partial charge on any atom is -0.486 e. The van der Waals surface area contributed by atoms with Crippen LogP contribution in [-0.4, -0.2) is 25.7 Å². The SMILES string of the molecule is Cc1cc(C(=O)NCCc2cc(Cl)c3c(c2)OCCO3)c(C)o1. The van der Waals surface area contributed by atoms with E-state index in [1.54, 1.807) is 13.0 Å². The Hall–Kier alpha value is -2.14. The van der Waals surface area contributed by atoms with Crippen molar-refractivity contribution in [2.24, 2.45) is 0 Å². The summed E-state index contributed by atoms with van der Waals surface area (Å²) in [5.74, 6) is 2.47. The second-order valence-electron chi connectivity index (χ2n) is 5.43. The number of aryl methyl sites for hydroxylation is 2. The lowest BCUT2D eigenvalue weighted by molar-refractivity contribution is 0.0952. The van der Waals surface area contributed by atoms with E-state index in [4.69, 9.17) is 25.5 Å². The number of hydrogen-bond acceptors (Lipinski definition) is 4. The number of ether oxygens (including phenoxy) is 2. The smallest absolute Gasteiger partial charge is 0.254 e. The third kappa shape index (κ3) is 3.45. The number of furan rings is 1. The molecular weight excluding hydrogens is 318 g/mol. The molecule has 1 aliphatic heterocycles. The Morgan fingerprint density at radius 2 is 2.00 bits per heavy atom. The molecule has 1 N–H and O–H groups in total. The summed E-state index contributed by atoms with van der Waals surface area (Å²) in [6.07, 6.45) is 0.651. The minimum atomic E-state index is -0.136. The van der Waals surface area contributed by atoms with Gasteiger partial charge in [-0.3, -0.25) is 4.79 Å². The van der Waals surface area contributed by atoms with Gasteiger partial charge < -0.3 is 19.2 Å². The number of rotatable bonds is 4. The quantitative estimate of drug-likeness (QED) is 0.931. The number of amides is 1. The van der Waals surface area contributed by atoms with Gasteiger partial charge in [0.15, 0.2) is 11.5 Å². The molecule has 2 heterocycles. The van der Waals surface area contributed by atoms with Crippen molar-refractivity contribution in [2.75, 3.05) is 19.8 Å². The van der Waals surface area contributed by atoms with Gasteiger partial charge in [-0.15, -0.1) is 0 Å². The van der Waals surface area contributed by atoms with Crippen LogP contribution in [0, 0.1) is 13.8 Å². The molecule has 2 aromatic rings. The summed E-state index contributed by atoms with van der Waals surface area (Å²) in [5, 5.41) is 3.42. The number of hydrogen-bond donors (Lipinski definition) is 1. The molecule has 5 nitrogen and oxygen atoms in total. The van der Waals surface area contributed by atoms with Gasteiger partial charge in [-0.25, -0.2) is 0 Å². The normalized spacial score (nSPS) is 13.0. The highest BCUT2D eigenvalue weighted by Gasteiger charge is 2.17. The van der Waals surface area contributed by atoms with Crippen molar-refractivity contribution in [3.05, 3.63) is 45.9 Å². The third-order valence-electron chi connectivity index (χ3n) is 3.64. The Morgan fingerprint density at radius 3 is 2.74 bits per heavy atom. The number of benzene rings is 1. The zero-order valence-corrected chi connectivity index (χ0v) is 13.8. The van der Waals surface area contributed by atoms with Crippen LogP contribution in [0.2, 0.25) is 5.02 Å².